The van der Waals surface area contributed by atoms with Gasteiger partial charge in [-0.2, -0.15) is 0 Å². The van der Waals surface area contributed by atoms with Gasteiger partial charge in [-0.15, -0.1) is 0 Å². The van der Waals surface area contributed by atoms with Crippen LogP contribution in [0.5, 0.6) is 5.75 Å². The Morgan fingerprint density at radius 2 is 1.80 bits per heavy atom. The minimum Gasteiger partial charge on any atom is -0.487 e. The largest absolute Gasteiger partial charge is 0.487 e. The number of anilines is 1. The highest BCUT2D eigenvalue weighted by Gasteiger charge is 2.18. The zero-order valence-electron chi connectivity index (χ0n) is 26.3. The standard InChI is InChI=1S/C38H36N4O4/c1-9-31(39-5)35(10-2)46-24-27-16-13-17-29-37(27)42(8)34-21-28(23-43)33(22-30(34)38(29)44)41(7)26(4)25(3)15-14-20-45-36-19-12-11-18-32(36)40-6/h9-23H,1-2,4-6,24H2,3,7-8H3/b20-14-,25-15-,35-31-. The topological polar surface area (TPSA) is 85.5 Å². The van der Waals surface area contributed by atoms with E-state index in [1.807, 2.05) is 54.9 Å². The van der Waals surface area contributed by atoms with E-state index < -0.39 is 0 Å². The molecule has 3 aromatic carbocycles. The van der Waals surface area contributed by atoms with Gasteiger partial charge in [0.25, 0.3) is 0 Å². The van der Waals surface area contributed by atoms with Gasteiger partial charge in [0, 0.05) is 41.7 Å². The van der Waals surface area contributed by atoms with Crippen LogP contribution in [0.15, 0.2) is 142 Å². The maximum Gasteiger partial charge on any atom is 0.197 e. The van der Waals surface area contributed by atoms with Gasteiger partial charge in [-0.25, -0.2) is 0 Å². The highest BCUT2D eigenvalue weighted by molar-refractivity contribution is 6.00. The van der Waals surface area contributed by atoms with Crippen LogP contribution in [0, 0.1) is 0 Å². The van der Waals surface area contributed by atoms with Crippen molar-refractivity contribution in [3.8, 4) is 5.75 Å². The lowest BCUT2D eigenvalue weighted by Gasteiger charge is -2.25. The molecule has 1 heterocycles. The molecule has 0 spiro atoms. The first-order valence-corrected chi connectivity index (χ1v) is 14.3. The summed E-state index contributed by atoms with van der Waals surface area (Å²) in [7, 11) is 3.67. The summed E-state index contributed by atoms with van der Waals surface area (Å²) >= 11 is 0. The average molecular weight is 613 g/mol. The minimum atomic E-state index is -0.164. The van der Waals surface area contributed by atoms with Crippen LogP contribution in [0.3, 0.4) is 0 Å². The SMILES string of the molecule is C=C/C(N=C)=C(\C=C)OCc1cccc2c(=O)c3cc(N(C)C(=C)/C(C)=C\C=C/Oc4ccccc4N=C)c(C=O)cc3n(C)c12. The van der Waals surface area contributed by atoms with E-state index in [0.717, 1.165) is 17.4 Å². The van der Waals surface area contributed by atoms with Crippen molar-refractivity contribution in [2.75, 3.05) is 11.9 Å². The number of ether oxygens (including phenoxy) is 2. The van der Waals surface area contributed by atoms with Crippen molar-refractivity contribution in [2.45, 2.75) is 13.5 Å². The van der Waals surface area contributed by atoms with Gasteiger partial charge < -0.3 is 18.9 Å². The predicted octanol–water partition coefficient (Wildman–Crippen LogP) is 8.13. The summed E-state index contributed by atoms with van der Waals surface area (Å²) in [5, 5.41) is 0.987. The van der Waals surface area contributed by atoms with Gasteiger partial charge in [0.1, 0.15) is 23.8 Å². The molecule has 1 aromatic heterocycles. The molecule has 0 atom stereocenters. The molecule has 0 aliphatic carbocycles. The van der Waals surface area contributed by atoms with E-state index in [-0.39, 0.29) is 12.0 Å². The number of carbonyl (C=O) groups excluding carboxylic acids is 1. The molecule has 232 valence electrons. The smallest absolute Gasteiger partial charge is 0.197 e. The summed E-state index contributed by atoms with van der Waals surface area (Å²) in [4.78, 5) is 36.0. The normalized spacial score (nSPS) is 12.0. The van der Waals surface area contributed by atoms with Crippen molar-refractivity contribution in [3.63, 3.8) is 0 Å². The maximum atomic E-state index is 13.9. The second-order valence-corrected chi connectivity index (χ2v) is 10.3. The van der Waals surface area contributed by atoms with E-state index in [1.165, 1.54) is 12.2 Å². The molecule has 0 unspecified atom stereocenters. The summed E-state index contributed by atoms with van der Waals surface area (Å²) in [5.74, 6) is 1.01. The van der Waals surface area contributed by atoms with E-state index in [0.29, 0.717) is 61.6 Å². The maximum absolute atomic E-state index is 13.9. The van der Waals surface area contributed by atoms with Gasteiger partial charge in [0.2, 0.25) is 0 Å². The van der Waals surface area contributed by atoms with Crippen molar-refractivity contribution < 1.29 is 14.3 Å². The molecule has 8 heteroatoms. The fourth-order valence-corrected chi connectivity index (χ4v) is 5.12. The first-order valence-electron chi connectivity index (χ1n) is 14.3. The van der Waals surface area contributed by atoms with Gasteiger partial charge in [0.05, 0.1) is 23.0 Å². The first-order chi connectivity index (χ1) is 22.2. The van der Waals surface area contributed by atoms with Crippen LogP contribution >= 0.6 is 0 Å². The minimum absolute atomic E-state index is 0.147. The zero-order valence-corrected chi connectivity index (χ0v) is 26.3. The van der Waals surface area contributed by atoms with Crippen LogP contribution in [-0.2, 0) is 18.4 Å². The van der Waals surface area contributed by atoms with Gasteiger partial charge >= 0.3 is 0 Å². The van der Waals surface area contributed by atoms with Gasteiger partial charge in [-0.05, 0) is 74.5 Å². The van der Waals surface area contributed by atoms with Crippen molar-refractivity contribution in [3.05, 3.63) is 149 Å². The average Bonchev–Trinajstić information content (AvgIpc) is 3.09. The fraction of sp³-hybridized carbons (Fsp3) is 0.105. The van der Waals surface area contributed by atoms with Crippen molar-refractivity contribution in [1.82, 2.24) is 4.57 Å². The van der Waals surface area contributed by atoms with Crippen LogP contribution in [-0.4, -0.2) is 31.3 Å². The number of pyridine rings is 1. The Labute approximate surface area is 268 Å². The molecule has 0 radical (unpaired) electrons. The Bertz CT molecular complexity index is 2040. The van der Waals surface area contributed by atoms with Crippen molar-refractivity contribution in [1.29, 1.82) is 0 Å². The Balaban J connectivity index is 1.70. The van der Waals surface area contributed by atoms with Crippen molar-refractivity contribution in [2.24, 2.45) is 17.0 Å². The molecular weight excluding hydrogens is 576 g/mol. The Morgan fingerprint density at radius 1 is 1.04 bits per heavy atom. The molecule has 0 saturated heterocycles. The summed E-state index contributed by atoms with van der Waals surface area (Å²) < 4.78 is 13.6. The summed E-state index contributed by atoms with van der Waals surface area (Å²) in [6.45, 7) is 20.9. The molecular formula is C38H36N4O4. The third kappa shape index (κ3) is 6.56. The van der Waals surface area contributed by atoms with Crippen LogP contribution in [0.4, 0.5) is 11.4 Å². The second-order valence-electron chi connectivity index (χ2n) is 10.3. The molecule has 0 fully saturated rings. The quantitative estimate of drug-likeness (QED) is 0.0472. The number of likely N-dealkylation sites (N-methyl/N-ethyl adjacent to an activating group) is 1. The zero-order chi connectivity index (χ0) is 33.4. The first kappa shape index (κ1) is 32.9. The second kappa shape index (κ2) is 14.6. The van der Waals surface area contributed by atoms with Crippen LogP contribution in [0.2, 0.25) is 0 Å². The molecule has 4 aromatic rings. The van der Waals surface area contributed by atoms with E-state index in [9.17, 15) is 9.59 Å². The predicted molar refractivity (Wildman–Crippen MR) is 191 cm³/mol. The highest BCUT2D eigenvalue weighted by Crippen LogP contribution is 2.31. The molecule has 0 amide bonds. The number of benzene rings is 3. The number of hydrogen-bond donors (Lipinski definition) is 0. The lowest BCUT2D eigenvalue weighted by Crippen LogP contribution is -2.19. The molecule has 46 heavy (non-hydrogen) atoms. The number of para-hydroxylation sites is 3. The Kier molecular flexibility index (Phi) is 10.5. The van der Waals surface area contributed by atoms with E-state index in [4.69, 9.17) is 9.47 Å². The lowest BCUT2D eigenvalue weighted by atomic mass is 10.0. The van der Waals surface area contributed by atoms with Crippen LogP contribution in [0.1, 0.15) is 22.8 Å². The van der Waals surface area contributed by atoms with Crippen LogP contribution < -0.4 is 15.1 Å². The number of rotatable bonds is 14. The number of fused-ring (bicyclic) bond motifs is 2. The van der Waals surface area contributed by atoms with E-state index in [1.54, 1.807) is 48.6 Å². The summed E-state index contributed by atoms with van der Waals surface area (Å²) in [6, 6.07) is 16.3. The Hall–Kier alpha value is -6.02. The number of hydrogen-bond acceptors (Lipinski definition) is 7. The third-order valence-corrected chi connectivity index (χ3v) is 7.64. The number of aldehydes is 1. The van der Waals surface area contributed by atoms with Crippen molar-refractivity contribution >= 4 is 52.9 Å². The van der Waals surface area contributed by atoms with E-state index in [2.05, 4.69) is 43.2 Å². The molecule has 4 rings (SSSR count). The number of aryl methyl sites for hydroxylation is 1. The molecule has 8 nitrogen and oxygen atoms in total. The Morgan fingerprint density at radius 3 is 2.48 bits per heavy atom. The summed E-state index contributed by atoms with van der Waals surface area (Å²) in [5.41, 5.74) is 5.43. The summed E-state index contributed by atoms with van der Waals surface area (Å²) in [6.07, 6.45) is 8.99. The fourth-order valence-electron chi connectivity index (χ4n) is 5.12. The van der Waals surface area contributed by atoms with Gasteiger partial charge in [0.15, 0.2) is 17.5 Å². The number of carbonyl (C=O) groups is 1. The molecule has 0 bridgehead atoms. The highest BCUT2D eigenvalue weighted by atomic mass is 16.5. The van der Waals surface area contributed by atoms with Crippen LogP contribution in [0.25, 0.3) is 21.8 Å². The molecule has 0 aliphatic heterocycles. The lowest BCUT2D eigenvalue weighted by molar-refractivity contribution is 0.112. The molecule has 0 saturated carbocycles. The number of allylic oxidation sites excluding steroid dienone is 5. The number of nitrogens with zero attached hydrogens (tertiary/aromatic N) is 4. The number of aliphatic imine (C=N–C) groups is 2. The third-order valence-electron chi connectivity index (χ3n) is 7.64. The monoisotopic (exact) mass is 612 g/mol. The number of aromatic nitrogens is 1. The van der Waals surface area contributed by atoms with Gasteiger partial charge in [-0.3, -0.25) is 19.6 Å². The molecule has 0 aliphatic rings. The van der Waals surface area contributed by atoms with Gasteiger partial charge in [-0.1, -0.05) is 50.1 Å². The van der Waals surface area contributed by atoms with E-state index >= 15 is 0 Å². The molecule has 0 N–H and O–H groups in total.